The summed E-state index contributed by atoms with van der Waals surface area (Å²) in [4.78, 5) is 41.9. The van der Waals surface area contributed by atoms with Crippen LogP contribution in [0, 0.1) is 24.7 Å². The number of methoxy groups -OCH3 is 1. The lowest BCUT2D eigenvalue weighted by molar-refractivity contribution is -0.122. The number of fused-ring (bicyclic) bond motifs is 3. The fourth-order valence-electron chi connectivity index (χ4n) is 5.95. The number of amides is 2. The zero-order valence-corrected chi connectivity index (χ0v) is 23.3. The molecule has 1 aliphatic carbocycles. The van der Waals surface area contributed by atoms with Gasteiger partial charge >= 0.3 is 5.97 Å². The minimum Gasteiger partial charge on any atom is -0.497 e. The van der Waals surface area contributed by atoms with E-state index in [-0.39, 0.29) is 47.5 Å². The monoisotopic (exact) mass is 572 g/mol. The average molecular weight is 573 g/mol. The summed E-state index contributed by atoms with van der Waals surface area (Å²) in [5.41, 5.74) is 2.21. The number of allylic oxidation sites excluding steroid dienone is 1. The van der Waals surface area contributed by atoms with E-state index in [2.05, 4.69) is 0 Å². The number of rotatable bonds is 6. The second-order valence-corrected chi connectivity index (χ2v) is 12.4. The zero-order chi connectivity index (χ0) is 28.9. The first kappa shape index (κ1) is 26.9. The Kier molecular flexibility index (Phi) is 6.75. The van der Waals surface area contributed by atoms with Crippen LogP contribution in [0.25, 0.3) is 0 Å². The first-order valence-corrected chi connectivity index (χ1v) is 14.7. The van der Waals surface area contributed by atoms with E-state index in [4.69, 9.17) is 9.47 Å². The van der Waals surface area contributed by atoms with Crippen LogP contribution in [0.1, 0.15) is 22.3 Å². The molecule has 41 heavy (non-hydrogen) atoms. The summed E-state index contributed by atoms with van der Waals surface area (Å²) in [6, 6.07) is 21.6. The van der Waals surface area contributed by atoms with Crippen LogP contribution in [-0.4, -0.2) is 50.7 Å². The van der Waals surface area contributed by atoms with Gasteiger partial charge in [-0.25, -0.2) is 13.2 Å². The first-order chi connectivity index (χ1) is 19.7. The molecule has 3 aromatic carbocycles. The molecule has 0 saturated carbocycles. The quantitative estimate of drug-likeness (QED) is 0.325. The molecule has 0 aromatic heterocycles. The molecule has 3 aromatic rings. The minimum absolute atomic E-state index is 0.00204. The van der Waals surface area contributed by atoms with Crippen molar-refractivity contribution in [1.82, 2.24) is 4.31 Å². The number of anilines is 1. The van der Waals surface area contributed by atoms with E-state index in [1.165, 1.54) is 16.3 Å². The van der Waals surface area contributed by atoms with E-state index in [1.807, 2.05) is 6.92 Å². The van der Waals surface area contributed by atoms with Crippen LogP contribution in [-0.2, 0) is 24.3 Å². The number of benzene rings is 3. The minimum atomic E-state index is -3.92. The molecule has 210 valence electrons. The van der Waals surface area contributed by atoms with E-state index >= 15 is 0 Å². The van der Waals surface area contributed by atoms with Gasteiger partial charge in [-0.15, -0.1) is 0 Å². The van der Waals surface area contributed by atoms with Gasteiger partial charge in [-0.2, -0.15) is 4.31 Å². The smallest absolute Gasteiger partial charge is 0.343 e. The summed E-state index contributed by atoms with van der Waals surface area (Å²) in [5, 5.41) is 0. The van der Waals surface area contributed by atoms with Crippen molar-refractivity contribution in [1.29, 1.82) is 0 Å². The Labute approximate surface area is 238 Å². The molecule has 0 unspecified atom stereocenters. The van der Waals surface area contributed by atoms with Gasteiger partial charge < -0.3 is 9.47 Å². The lowest BCUT2D eigenvalue weighted by Crippen LogP contribution is -2.35. The Hall–Kier alpha value is -4.28. The summed E-state index contributed by atoms with van der Waals surface area (Å²) in [7, 11) is -2.39. The van der Waals surface area contributed by atoms with Crippen molar-refractivity contribution in [2.24, 2.45) is 17.8 Å². The van der Waals surface area contributed by atoms with Crippen LogP contribution in [0.15, 0.2) is 95.1 Å². The molecule has 0 N–H and O–H groups in total. The van der Waals surface area contributed by atoms with E-state index in [0.717, 1.165) is 5.56 Å². The molecule has 0 bridgehead atoms. The van der Waals surface area contributed by atoms with Crippen LogP contribution >= 0.6 is 0 Å². The summed E-state index contributed by atoms with van der Waals surface area (Å²) in [6.07, 6.45) is 0.0186. The molecule has 0 spiro atoms. The number of esters is 1. The van der Waals surface area contributed by atoms with Gasteiger partial charge in [0.1, 0.15) is 11.5 Å². The maximum absolute atomic E-state index is 13.8. The van der Waals surface area contributed by atoms with E-state index in [1.54, 1.807) is 78.9 Å². The molecule has 2 aliphatic heterocycles. The molecule has 2 amide bonds. The highest BCUT2D eigenvalue weighted by atomic mass is 32.2. The highest BCUT2D eigenvalue weighted by molar-refractivity contribution is 7.89. The van der Waals surface area contributed by atoms with Crippen LogP contribution in [0.3, 0.4) is 0 Å². The number of carbonyl (C=O) groups is 3. The van der Waals surface area contributed by atoms with Crippen LogP contribution in [0.4, 0.5) is 5.69 Å². The van der Waals surface area contributed by atoms with Crippen LogP contribution in [0.2, 0.25) is 0 Å². The Morgan fingerprint density at radius 2 is 1.56 bits per heavy atom. The Morgan fingerprint density at radius 3 is 2.22 bits per heavy atom. The number of carbonyl (C=O) groups excluding carboxylic acids is 3. The van der Waals surface area contributed by atoms with Crippen molar-refractivity contribution < 1.29 is 32.3 Å². The fraction of sp³-hybridized carbons (Fsp3) is 0.258. The van der Waals surface area contributed by atoms with E-state index < -0.39 is 33.7 Å². The fourth-order valence-corrected chi connectivity index (χ4v) is 7.40. The van der Waals surface area contributed by atoms with Gasteiger partial charge in [0.25, 0.3) is 0 Å². The van der Waals surface area contributed by atoms with Gasteiger partial charge in [-0.1, -0.05) is 35.9 Å². The van der Waals surface area contributed by atoms with Gasteiger partial charge in [0.05, 0.1) is 35.1 Å². The Morgan fingerprint density at radius 1 is 0.878 bits per heavy atom. The van der Waals surface area contributed by atoms with Crippen molar-refractivity contribution in [2.45, 2.75) is 18.2 Å². The number of aryl methyl sites for hydroxylation is 1. The molecule has 2 fully saturated rings. The maximum Gasteiger partial charge on any atom is 0.343 e. The van der Waals surface area contributed by atoms with Gasteiger partial charge in [-0.3, -0.25) is 14.5 Å². The van der Waals surface area contributed by atoms with Crippen LogP contribution in [0.5, 0.6) is 5.75 Å². The maximum atomic E-state index is 13.8. The second-order valence-electron chi connectivity index (χ2n) is 10.5. The Bertz CT molecular complexity index is 1670. The summed E-state index contributed by atoms with van der Waals surface area (Å²) < 4.78 is 39.6. The highest BCUT2D eigenvalue weighted by Gasteiger charge is 2.58. The second kappa shape index (κ2) is 10.3. The zero-order valence-electron chi connectivity index (χ0n) is 22.5. The molecule has 2 saturated heterocycles. The SMILES string of the molecule is COc1ccc(C(=O)OC2=C3CN(S(=O)(=O)c4ccc(C)cc4)C[C@@H]3[C@@H]3C(=O)N(c4ccccc4)C(=O)[C@@H]3C2)cc1. The van der Waals surface area contributed by atoms with Crippen molar-refractivity contribution >= 4 is 33.5 Å². The normalized spacial score (nSPS) is 22.5. The molecule has 3 atom stereocenters. The lowest BCUT2D eigenvalue weighted by atomic mass is 9.73. The predicted molar refractivity (Wildman–Crippen MR) is 149 cm³/mol. The number of hydrogen-bond donors (Lipinski definition) is 0. The number of hydrogen-bond acceptors (Lipinski definition) is 7. The Balaban J connectivity index is 1.38. The van der Waals surface area contributed by atoms with Gasteiger partial charge in [-0.05, 0) is 61.0 Å². The predicted octanol–water partition coefficient (Wildman–Crippen LogP) is 3.94. The number of para-hydroxylation sites is 1. The third kappa shape index (κ3) is 4.62. The van der Waals surface area contributed by atoms with Crippen molar-refractivity contribution in [2.75, 3.05) is 25.1 Å². The average Bonchev–Trinajstić information content (AvgIpc) is 3.54. The van der Waals surface area contributed by atoms with Gasteiger partial charge in [0, 0.05) is 25.4 Å². The standard InChI is InChI=1S/C31H28N2O7S/c1-19-8-14-23(15-9-19)41(37,38)32-17-25-26(18-32)28-24(29(34)33(30(28)35)21-6-4-3-5-7-21)16-27(25)40-31(36)20-10-12-22(39-2)13-11-20/h3-15,24,26,28H,16-18H2,1-2H3/t24-,26+,28-/m1/s1. The first-order valence-electron chi connectivity index (χ1n) is 13.3. The summed E-state index contributed by atoms with van der Waals surface area (Å²) >= 11 is 0. The molecule has 6 rings (SSSR count). The van der Waals surface area contributed by atoms with Gasteiger partial charge in [0.15, 0.2) is 0 Å². The molecule has 9 nitrogen and oxygen atoms in total. The van der Waals surface area contributed by atoms with E-state index in [9.17, 15) is 22.8 Å². The van der Waals surface area contributed by atoms with Crippen molar-refractivity contribution in [3.63, 3.8) is 0 Å². The number of nitrogens with zero attached hydrogens (tertiary/aromatic N) is 2. The van der Waals surface area contributed by atoms with E-state index in [0.29, 0.717) is 17.0 Å². The van der Waals surface area contributed by atoms with Gasteiger partial charge in [0.2, 0.25) is 21.8 Å². The van der Waals surface area contributed by atoms with Crippen molar-refractivity contribution in [3.8, 4) is 5.75 Å². The molecule has 2 heterocycles. The number of sulfonamides is 1. The topological polar surface area (TPSA) is 110 Å². The molecule has 10 heteroatoms. The van der Waals surface area contributed by atoms with Crippen LogP contribution < -0.4 is 9.64 Å². The lowest BCUT2D eigenvalue weighted by Gasteiger charge is -2.29. The summed E-state index contributed by atoms with van der Waals surface area (Å²) in [5.74, 6) is -2.73. The largest absolute Gasteiger partial charge is 0.497 e. The molecular weight excluding hydrogens is 544 g/mol. The van der Waals surface area contributed by atoms with Crippen molar-refractivity contribution in [3.05, 3.63) is 101 Å². The number of imide groups is 1. The molecule has 0 radical (unpaired) electrons. The number of ether oxygens (including phenoxy) is 2. The third-order valence-electron chi connectivity index (χ3n) is 8.08. The highest BCUT2D eigenvalue weighted by Crippen LogP contribution is 2.49. The molecular formula is C31H28N2O7S. The third-order valence-corrected chi connectivity index (χ3v) is 9.91. The molecule has 3 aliphatic rings. The summed E-state index contributed by atoms with van der Waals surface area (Å²) in [6.45, 7) is 1.83.